The summed E-state index contributed by atoms with van der Waals surface area (Å²) in [6.07, 6.45) is 0. The lowest BCUT2D eigenvalue weighted by molar-refractivity contribution is -0.120. The Morgan fingerprint density at radius 2 is 2.31 bits per heavy atom. The number of nitrogens with two attached hydrogens (primary N) is 1. The highest BCUT2D eigenvalue weighted by atomic mass is 79.9. The molecule has 0 spiro atoms. The van der Waals surface area contributed by atoms with Crippen LogP contribution in [0.3, 0.4) is 0 Å². The zero-order valence-electron chi connectivity index (χ0n) is 8.50. The molecule has 4 nitrogen and oxygen atoms in total. The number of rotatable bonds is 5. The number of hydrogen-bond acceptors (Lipinski definition) is 3. The SMILES string of the molecule is NCCOCC(=O)Nc1cccc(Cl)c1Br. The lowest BCUT2D eigenvalue weighted by Gasteiger charge is -2.08. The summed E-state index contributed by atoms with van der Waals surface area (Å²) in [5, 5.41) is 3.22. The number of halogens is 2. The number of carbonyl (C=O) groups excluding carboxylic acids is 1. The summed E-state index contributed by atoms with van der Waals surface area (Å²) in [4.78, 5) is 11.4. The predicted molar refractivity (Wildman–Crippen MR) is 67.7 cm³/mol. The first kappa shape index (κ1) is 13.4. The summed E-state index contributed by atoms with van der Waals surface area (Å²) >= 11 is 9.16. The fourth-order valence-corrected chi connectivity index (χ4v) is 1.57. The highest BCUT2D eigenvalue weighted by molar-refractivity contribution is 9.10. The van der Waals surface area contributed by atoms with Gasteiger partial charge < -0.3 is 15.8 Å². The molecule has 1 rings (SSSR count). The summed E-state index contributed by atoms with van der Waals surface area (Å²) in [5.74, 6) is -0.239. The van der Waals surface area contributed by atoms with Crippen molar-refractivity contribution in [3.63, 3.8) is 0 Å². The number of ether oxygens (including phenoxy) is 1. The van der Waals surface area contributed by atoms with Crippen LogP contribution in [0.2, 0.25) is 5.02 Å². The molecule has 0 saturated heterocycles. The average molecular weight is 308 g/mol. The van der Waals surface area contributed by atoms with Crippen molar-refractivity contribution in [1.29, 1.82) is 0 Å². The van der Waals surface area contributed by atoms with Gasteiger partial charge in [-0.1, -0.05) is 17.7 Å². The topological polar surface area (TPSA) is 64.3 Å². The number of benzene rings is 1. The number of hydrogen-bond donors (Lipinski definition) is 2. The van der Waals surface area contributed by atoms with Gasteiger partial charge in [-0.25, -0.2) is 0 Å². The fourth-order valence-electron chi connectivity index (χ4n) is 1.03. The third-order valence-corrected chi connectivity index (χ3v) is 3.12. The minimum atomic E-state index is -0.239. The molecule has 0 unspecified atom stereocenters. The first-order chi connectivity index (χ1) is 7.65. The quantitative estimate of drug-likeness (QED) is 0.818. The average Bonchev–Trinajstić information content (AvgIpc) is 2.25. The molecule has 16 heavy (non-hydrogen) atoms. The van der Waals surface area contributed by atoms with E-state index in [1.54, 1.807) is 18.2 Å². The molecule has 0 radical (unpaired) electrons. The molecule has 1 aromatic rings. The monoisotopic (exact) mass is 306 g/mol. The van der Waals surface area contributed by atoms with Gasteiger partial charge in [-0.3, -0.25) is 4.79 Å². The van der Waals surface area contributed by atoms with Crippen LogP contribution < -0.4 is 11.1 Å². The Hall–Kier alpha value is -0.620. The van der Waals surface area contributed by atoms with Crippen LogP contribution in [-0.4, -0.2) is 25.7 Å². The highest BCUT2D eigenvalue weighted by Gasteiger charge is 2.07. The van der Waals surface area contributed by atoms with Gasteiger partial charge in [0.15, 0.2) is 0 Å². The highest BCUT2D eigenvalue weighted by Crippen LogP contribution is 2.29. The molecule has 0 heterocycles. The molecule has 3 N–H and O–H groups in total. The first-order valence-corrected chi connectivity index (χ1v) is 5.84. The van der Waals surface area contributed by atoms with Crippen molar-refractivity contribution < 1.29 is 9.53 Å². The zero-order chi connectivity index (χ0) is 12.0. The van der Waals surface area contributed by atoms with E-state index in [-0.39, 0.29) is 12.5 Å². The van der Waals surface area contributed by atoms with Gasteiger partial charge in [0.05, 0.1) is 21.8 Å². The predicted octanol–water partition coefficient (Wildman–Crippen LogP) is 2.02. The number of amides is 1. The Balaban J connectivity index is 2.53. The van der Waals surface area contributed by atoms with Crippen molar-refractivity contribution in [3.05, 3.63) is 27.7 Å². The summed E-state index contributed by atoms with van der Waals surface area (Å²) in [7, 11) is 0. The van der Waals surface area contributed by atoms with Gasteiger partial charge >= 0.3 is 0 Å². The fraction of sp³-hybridized carbons (Fsp3) is 0.300. The lowest BCUT2D eigenvalue weighted by atomic mass is 10.3. The molecule has 88 valence electrons. The second-order valence-corrected chi connectivity index (χ2v) is 4.19. The molecule has 1 aromatic carbocycles. The Labute approximate surface area is 107 Å². The van der Waals surface area contributed by atoms with E-state index in [0.717, 1.165) is 0 Å². The Morgan fingerprint density at radius 1 is 1.56 bits per heavy atom. The van der Waals surface area contributed by atoms with Crippen LogP contribution in [-0.2, 0) is 9.53 Å². The maximum atomic E-state index is 11.4. The maximum absolute atomic E-state index is 11.4. The van der Waals surface area contributed by atoms with Crippen LogP contribution in [0.25, 0.3) is 0 Å². The van der Waals surface area contributed by atoms with Gasteiger partial charge in [0.2, 0.25) is 5.91 Å². The number of anilines is 1. The summed E-state index contributed by atoms with van der Waals surface area (Å²) < 4.78 is 5.66. The molecular formula is C10H12BrClN2O2. The molecule has 0 saturated carbocycles. The van der Waals surface area contributed by atoms with Gasteiger partial charge in [-0.15, -0.1) is 0 Å². The van der Waals surface area contributed by atoms with Gasteiger partial charge in [-0.2, -0.15) is 0 Å². The number of carbonyl (C=O) groups is 1. The van der Waals surface area contributed by atoms with Crippen LogP contribution in [0, 0.1) is 0 Å². The molecule has 1 amide bonds. The van der Waals surface area contributed by atoms with Crippen LogP contribution >= 0.6 is 27.5 Å². The van der Waals surface area contributed by atoms with Crippen molar-refractivity contribution in [1.82, 2.24) is 0 Å². The molecule has 0 aliphatic rings. The molecule has 0 aliphatic carbocycles. The number of nitrogens with one attached hydrogen (secondary N) is 1. The van der Waals surface area contributed by atoms with E-state index >= 15 is 0 Å². The smallest absolute Gasteiger partial charge is 0.250 e. The van der Waals surface area contributed by atoms with Crippen molar-refractivity contribution in [2.45, 2.75) is 0 Å². The van der Waals surface area contributed by atoms with Gasteiger partial charge in [0, 0.05) is 6.54 Å². The third-order valence-electron chi connectivity index (χ3n) is 1.72. The lowest BCUT2D eigenvalue weighted by Crippen LogP contribution is -2.20. The van der Waals surface area contributed by atoms with Crippen molar-refractivity contribution in [3.8, 4) is 0 Å². The van der Waals surface area contributed by atoms with Crippen LogP contribution in [0.5, 0.6) is 0 Å². The van der Waals surface area contributed by atoms with E-state index in [1.165, 1.54) is 0 Å². The molecule has 0 fully saturated rings. The van der Waals surface area contributed by atoms with Crippen molar-refractivity contribution in [2.75, 3.05) is 25.1 Å². The molecule has 0 aromatic heterocycles. The maximum Gasteiger partial charge on any atom is 0.250 e. The van der Waals surface area contributed by atoms with Crippen LogP contribution in [0.4, 0.5) is 5.69 Å². The second-order valence-electron chi connectivity index (χ2n) is 2.99. The van der Waals surface area contributed by atoms with Crippen molar-refractivity contribution >= 4 is 39.1 Å². The van der Waals surface area contributed by atoms with E-state index in [9.17, 15) is 4.79 Å². The Morgan fingerprint density at radius 3 is 3.00 bits per heavy atom. The second kappa shape index (κ2) is 6.85. The van der Waals surface area contributed by atoms with Crippen LogP contribution in [0.1, 0.15) is 0 Å². The Kier molecular flexibility index (Phi) is 5.76. The largest absolute Gasteiger partial charge is 0.370 e. The van der Waals surface area contributed by atoms with Crippen LogP contribution in [0.15, 0.2) is 22.7 Å². The molecule has 0 bridgehead atoms. The van der Waals surface area contributed by atoms with E-state index in [2.05, 4.69) is 21.2 Å². The Bertz CT molecular complexity index is 374. The molecule has 0 aliphatic heterocycles. The molecule has 6 heteroatoms. The van der Waals surface area contributed by atoms with Gasteiger partial charge in [-0.05, 0) is 28.1 Å². The molecule has 0 atom stereocenters. The summed E-state index contributed by atoms with van der Waals surface area (Å²) in [6, 6.07) is 5.23. The summed E-state index contributed by atoms with van der Waals surface area (Å²) in [5.41, 5.74) is 5.85. The van der Waals surface area contributed by atoms with E-state index in [0.29, 0.717) is 28.3 Å². The normalized spacial score (nSPS) is 10.2. The minimum absolute atomic E-state index is 0.0177. The van der Waals surface area contributed by atoms with Gasteiger partial charge in [0.1, 0.15) is 6.61 Å². The van der Waals surface area contributed by atoms with E-state index < -0.39 is 0 Å². The minimum Gasteiger partial charge on any atom is -0.370 e. The van der Waals surface area contributed by atoms with E-state index in [1.807, 2.05) is 0 Å². The zero-order valence-corrected chi connectivity index (χ0v) is 10.8. The van der Waals surface area contributed by atoms with Crippen molar-refractivity contribution in [2.24, 2.45) is 5.73 Å². The van der Waals surface area contributed by atoms with E-state index in [4.69, 9.17) is 22.1 Å². The molecular weight excluding hydrogens is 295 g/mol. The summed E-state index contributed by atoms with van der Waals surface area (Å²) in [6.45, 7) is 0.744. The third kappa shape index (κ3) is 4.09. The standard InChI is InChI=1S/C10H12BrClN2O2/c11-10-7(12)2-1-3-8(10)14-9(15)6-16-5-4-13/h1-3H,4-6,13H2,(H,14,15). The van der Waals surface area contributed by atoms with Gasteiger partial charge in [0.25, 0.3) is 0 Å². The first-order valence-electron chi connectivity index (χ1n) is 4.67.